The molecule has 0 N–H and O–H groups in total. The molecular formula is C25H34ClN3O2S. The third-order valence-corrected chi connectivity index (χ3v) is 6.60. The van der Waals surface area contributed by atoms with E-state index in [4.69, 9.17) is 21.3 Å². The molecule has 2 aromatic heterocycles. The number of nitrogens with zero attached hydrogens (tertiary/aromatic N) is 3. The number of imidazole rings is 1. The quantitative estimate of drug-likeness (QED) is 0.351. The van der Waals surface area contributed by atoms with Crippen LogP contribution in [-0.4, -0.2) is 47.0 Å². The Kier molecular flexibility index (Phi) is 8.37. The first-order chi connectivity index (χ1) is 15.2. The van der Waals surface area contributed by atoms with E-state index in [1.165, 1.54) is 0 Å². The van der Waals surface area contributed by atoms with Crippen LogP contribution >= 0.6 is 22.9 Å². The first-order valence-corrected chi connectivity index (χ1v) is 12.4. The van der Waals surface area contributed by atoms with Crippen molar-refractivity contribution in [2.75, 3.05) is 26.8 Å². The molecule has 3 rings (SSSR count). The molecule has 0 aliphatic carbocycles. The third kappa shape index (κ3) is 6.80. The van der Waals surface area contributed by atoms with Gasteiger partial charge in [-0.15, -0.1) is 11.3 Å². The molecule has 7 heteroatoms. The molecule has 0 aliphatic rings. The molecule has 1 atom stereocenters. The van der Waals surface area contributed by atoms with Crippen LogP contribution in [0.4, 0.5) is 0 Å². The van der Waals surface area contributed by atoms with Gasteiger partial charge in [-0.3, -0.25) is 9.20 Å². The minimum Gasteiger partial charge on any atom is -0.383 e. The Hall–Kier alpha value is -1.89. The minimum atomic E-state index is 0.206. The van der Waals surface area contributed by atoms with Gasteiger partial charge in [0.15, 0.2) is 4.96 Å². The highest BCUT2D eigenvalue weighted by Gasteiger charge is 2.21. The molecule has 174 valence electrons. The maximum absolute atomic E-state index is 13.0. The average Bonchev–Trinajstić information content (AvgIpc) is 3.28. The summed E-state index contributed by atoms with van der Waals surface area (Å²) in [4.78, 5) is 20.7. The van der Waals surface area contributed by atoms with Crippen molar-refractivity contribution in [3.8, 4) is 11.3 Å². The lowest BCUT2D eigenvalue weighted by molar-refractivity contribution is -0.132. The summed E-state index contributed by atoms with van der Waals surface area (Å²) in [7, 11) is 1.68. The largest absolute Gasteiger partial charge is 0.383 e. The van der Waals surface area contributed by atoms with Crippen molar-refractivity contribution < 1.29 is 9.53 Å². The number of ether oxygens (including phenoxy) is 1. The van der Waals surface area contributed by atoms with Crippen molar-refractivity contribution in [1.82, 2.24) is 14.3 Å². The van der Waals surface area contributed by atoms with E-state index < -0.39 is 0 Å². The van der Waals surface area contributed by atoms with E-state index >= 15 is 0 Å². The fourth-order valence-electron chi connectivity index (χ4n) is 4.13. The van der Waals surface area contributed by atoms with Gasteiger partial charge in [0.25, 0.3) is 0 Å². The lowest BCUT2D eigenvalue weighted by atomic mass is 9.84. The number of carbonyl (C=O) groups is 1. The van der Waals surface area contributed by atoms with Crippen molar-refractivity contribution in [1.29, 1.82) is 0 Å². The summed E-state index contributed by atoms with van der Waals surface area (Å²) in [5, 5.41) is 2.85. The van der Waals surface area contributed by atoms with Crippen LogP contribution < -0.4 is 0 Å². The Morgan fingerprint density at radius 2 is 1.97 bits per heavy atom. The molecule has 0 bridgehead atoms. The number of hydrogen-bond donors (Lipinski definition) is 0. The van der Waals surface area contributed by atoms with Gasteiger partial charge in [-0.1, -0.05) is 51.4 Å². The molecule has 0 spiro atoms. The summed E-state index contributed by atoms with van der Waals surface area (Å²) in [6.45, 7) is 10.7. The number of carbonyl (C=O) groups excluding carboxylic acids is 1. The molecule has 5 nitrogen and oxygen atoms in total. The van der Waals surface area contributed by atoms with E-state index in [1.807, 2.05) is 29.2 Å². The fourth-order valence-corrected chi connectivity index (χ4v) is 5.16. The number of benzene rings is 1. The molecule has 0 saturated heterocycles. The number of thiazole rings is 1. The molecule has 3 aromatic rings. The molecule has 0 radical (unpaired) electrons. The molecule has 1 aromatic carbocycles. The van der Waals surface area contributed by atoms with Gasteiger partial charge >= 0.3 is 0 Å². The van der Waals surface area contributed by atoms with Crippen LogP contribution in [0.15, 0.2) is 35.8 Å². The lowest BCUT2D eigenvalue weighted by Crippen LogP contribution is -2.36. The Balaban J connectivity index is 1.68. The highest BCUT2D eigenvalue weighted by molar-refractivity contribution is 7.15. The van der Waals surface area contributed by atoms with Crippen LogP contribution in [-0.2, 0) is 16.0 Å². The highest BCUT2D eigenvalue weighted by atomic mass is 35.5. The standard InChI is InChI=1S/C25H34ClN3O2S/c1-18(15-25(2,3)4)14-23(30)28(12-13-31-5)11-10-21-17-32-24-27-22(16-29(21)24)19-6-8-20(26)9-7-19/h6-9,16-18H,10-15H2,1-5H3. The topological polar surface area (TPSA) is 46.8 Å². The molecule has 2 heterocycles. The zero-order valence-corrected chi connectivity index (χ0v) is 21.3. The minimum absolute atomic E-state index is 0.206. The smallest absolute Gasteiger partial charge is 0.222 e. The summed E-state index contributed by atoms with van der Waals surface area (Å²) in [6, 6.07) is 7.73. The number of methoxy groups -OCH3 is 1. The zero-order valence-electron chi connectivity index (χ0n) is 19.7. The van der Waals surface area contributed by atoms with Crippen molar-refractivity contribution in [3.63, 3.8) is 0 Å². The van der Waals surface area contributed by atoms with Gasteiger partial charge in [-0.2, -0.15) is 0 Å². The zero-order chi connectivity index (χ0) is 23.3. The van der Waals surface area contributed by atoms with Gasteiger partial charge in [0.1, 0.15) is 0 Å². The van der Waals surface area contributed by atoms with E-state index in [0.717, 1.165) is 34.8 Å². The SMILES string of the molecule is COCCN(CCc1csc2nc(-c3ccc(Cl)cc3)cn12)C(=O)CC(C)CC(C)(C)C. The Labute approximate surface area is 200 Å². The number of fused-ring (bicyclic) bond motifs is 1. The van der Waals surface area contributed by atoms with Crippen LogP contribution in [0.25, 0.3) is 16.2 Å². The molecule has 1 unspecified atom stereocenters. The number of hydrogen-bond acceptors (Lipinski definition) is 4. The van der Waals surface area contributed by atoms with Crippen molar-refractivity contribution >= 4 is 33.8 Å². The van der Waals surface area contributed by atoms with E-state index in [-0.39, 0.29) is 11.3 Å². The van der Waals surface area contributed by atoms with Crippen LogP contribution in [0, 0.1) is 11.3 Å². The van der Waals surface area contributed by atoms with Gasteiger partial charge in [0.05, 0.1) is 12.3 Å². The molecule has 1 amide bonds. The highest BCUT2D eigenvalue weighted by Crippen LogP contribution is 2.27. The van der Waals surface area contributed by atoms with Gasteiger partial charge in [-0.25, -0.2) is 4.98 Å². The number of halogens is 1. The average molecular weight is 476 g/mol. The second-order valence-electron chi connectivity index (χ2n) is 9.71. The number of aromatic nitrogens is 2. The van der Waals surface area contributed by atoms with Crippen LogP contribution in [0.1, 0.15) is 46.2 Å². The third-order valence-electron chi connectivity index (χ3n) is 5.46. The summed E-state index contributed by atoms with van der Waals surface area (Å²) in [5.74, 6) is 0.564. The molecular weight excluding hydrogens is 442 g/mol. The summed E-state index contributed by atoms with van der Waals surface area (Å²) in [6.07, 6.45) is 4.45. The van der Waals surface area contributed by atoms with E-state index in [9.17, 15) is 4.79 Å². The maximum Gasteiger partial charge on any atom is 0.222 e. The van der Waals surface area contributed by atoms with Gasteiger partial charge in [-0.05, 0) is 29.9 Å². The molecule has 0 saturated carbocycles. The van der Waals surface area contributed by atoms with Crippen molar-refractivity contribution in [2.24, 2.45) is 11.3 Å². The fraction of sp³-hybridized carbons (Fsp3) is 0.520. The summed E-state index contributed by atoms with van der Waals surface area (Å²) in [5.41, 5.74) is 3.36. The normalized spacial score (nSPS) is 12.9. The van der Waals surface area contributed by atoms with Gasteiger partial charge in [0, 0.05) is 60.9 Å². The van der Waals surface area contributed by atoms with Crippen LogP contribution in [0.5, 0.6) is 0 Å². The predicted octanol–water partition coefficient (Wildman–Crippen LogP) is 6.20. The Morgan fingerprint density at radius 1 is 1.25 bits per heavy atom. The lowest BCUT2D eigenvalue weighted by Gasteiger charge is -2.27. The molecule has 0 fully saturated rings. The first-order valence-electron chi connectivity index (χ1n) is 11.1. The van der Waals surface area contributed by atoms with Crippen LogP contribution in [0.2, 0.25) is 5.02 Å². The van der Waals surface area contributed by atoms with Crippen molar-refractivity contribution in [3.05, 3.63) is 46.6 Å². The van der Waals surface area contributed by atoms with Crippen LogP contribution in [0.3, 0.4) is 0 Å². The number of rotatable bonds is 10. The second kappa shape index (κ2) is 10.8. The summed E-state index contributed by atoms with van der Waals surface area (Å²) < 4.78 is 7.39. The van der Waals surface area contributed by atoms with E-state index in [2.05, 4.69) is 43.7 Å². The monoisotopic (exact) mass is 475 g/mol. The summed E-state index contributed by atoms with van der Waals surface area (Å²) >= 11 is 7.64. The maximum atomic E-state index is 13.0. The Morgan fingerprint density at radius 3 is 2.62 bits per heavy atom. The van der Waals surface area contributed by atoms with Crippen molar-refractivity contribution in [2.45, 2.75) is 47.0 Å². The Bertz CT molecular complexity index is 1020. The van der Waals surface area contributed by atoms with Gasteiger partial charge < -0.3 is 9.64 Å². The molecule has 0 aliphatic heterocycles. The second-order valence-corrected chi connectivity index (χ2v) is 11.0. The van der Waals surface area contributed by atoms with E-state index in [0.29, 0.717) is 37.1 Å². The predicted molar refractivity (Wildman–Crippen MR) is 134 cm³/mol. The van der Waals surface area contributed by atoms with Gasteiger partial charge in [0.2, 0.25) is 5.91 Å². The number of amides is 1. The first kappa shape index (κ1) is 24.7. The van der Waals surface area contributed by atoms with E-state index in [1.54, 1.807) is 18.4 Å². The molecule has 32 heavy (non-hydrogen) atoms.